The molecule has 0 bridgehead atoms. The molecule has 1 aromatic carbocycles. The van der Waals surface area contributed by atoms with E-state index < -0.39 is 0 Å². The molecular weight excluding hydrogens is 214 g/mol. The molecule has 4 nitrogen and oxygen atoms in total. The topological polar surface area (TPSA) is 74.9 Å². The van der Waals surface area contributed by atoms with Crippen molar-refractivity contribution in [2.75, 3.05) is 5.73 Å². The Bertz CT molecular complexity index is 507. The van der Waals surface area contributed by atoms with Crippen molar-refractivity contribution in [1.29, 1.82) is 0 Å². The summed E-state index contributed by atoms with van der Waals surface area (Å²) >= 11 is 5.83. The molecule has 15 heavy (non-hydrogen) atoms. The molecule has 4 N–H and O–H groups in total. The highest BCUT2D eigenvalue weighted by Gasteiger charge is 2.14. The third-order valence-electron chi connectivity index (χ3n) is 2.28. The van der Waals surface area contributed by atoms with Gasteiger partial charge in [0.25, 0.3) is 0 Å². The Hall–Kier alpha value is -1.68. The quantitative estimate of drug-likeness (QED) is 0.695. The number of hydrogen-bond acceptors (Lipinski definition) is 3. The average Bonchev–Trinajstić information content (AvgIpc) is 2.60. The fourth-order valence-electron chi connectivity index (χ4n) is 1.50. The Morgan fingerprint density at radius 2 is 2.20 bits per heavy atom. The van der Waals surface area contributed by atoms with Gasteiger partial charge in [0, 0.05) is 11.1 Å². The zero-order chi connectivity index (χ0) is 11.0. The number of nitrogens with zero attached hydrogens (tertiary/aromatic N) is 1. The molecule has 0 aliphatic carbocycles. The van der Waals surface area contributed by atoms with E-state index in [1.807, 2.05) is 13.0 Å². The zero-order valence-electron chi connectivity index (χ0n) is 8.08. The lowest BCUT2D eigenvalue weighted by molar-refractivity contribution is 0.477. The molecule has 0 spiro atoms. The fourth-order valence-corrected chi connectivity index (χ4v) is 1.66. The Morgan fingerprint density at radius 1 is 1.47 bits per heavy atom. The molecule has 0 fully saturated rings. The van der Waals surface area contributed by atoms with Gasteiger partial charge in [-0.3, -0.25) is 5.10 Å². The lowest BCUT2D eigenvalue weighted by atomic mass is 10.0. The van der Waals surface area contributed by atoms with Gasteiger partial charge in [-0.05, 0) is 18.6 Å². The van der Waals surface area contributed by atoms with E-state index in [2.05, 4.69) is 10.2 Å². The number of nitrogens with two attached hydrogens (primary N) is 1. The maximum atomic E-state index is 9.85. The predicted molar refractivity (Wildman–Crippen MR) is 59.8 cm³/mol. The number of anilines is 1. The molecule has 0 radical (unpaired) electrons. The third-order valence-corrected chi connectivity index (χ3v) is 2.58. The normalized spacial score (nSPS) is 10.5. The van der Waals surface area contributed by atoms with Gasteiger partial charge in [0.2, 0.25) is 0 Å². The second-order valence-electron chi connectivity index (χ2n) is 3.29. The Labute approximate surface area is 91.7 Å². The van der Waals surface area contributed by atoms with Crippen molar-refractivity contribution in [1.82, 2.24) is 10.2 Å². The van der Waals surface area contributed by atoms with Crippen LogP contribution in [0.2, 0.25) is 5.02 Å². The summed E-state index contributed by atoms with van der Waals surface area (Å²) in [6.07, 6.45) is 1.56. The first kappa shape index (κ1) is 9.86. The second-order valence-corrected chi connectivity index (χ2v) is 3.69. The van der Waals surface area contributed by atoms with E-state index in [4.69, 9.17) is 17.3 Å². The molecule has 2 rings (SSSR count). The number of halogens is 1. The highest BCUT2D eigenvalue weighted by Crippen LogP contribution is 2.39. The van der Waals surface area contributed by atoms with Gasteiger partial charge in [0.15, 0.2) is 0 Å². The second kappa shape index (κ2) is 3.47. The fraction of sp³-hybridized carbons (Fsp3) is 0.100. The molecular formula is C10H10ClN3O. The summed E-state index contributed by atoms with van der Waals surface area (Å²) in [7, 11) is 0. The molecule has 2 aromatic rings. The summed E-state index contributed by atoms with van der Waals surface area (Å²) in [6.45, 7) is 1.87. The monoisotopic (exact) mass is 223 g/mol. The van der Waals surface area contributed by atoms with Crippen LogP contribution in [0.25, 0.3) is 11.1 Å². The SMILES string of the molecule is Cc1ccc(Cl)c(O)c1-c1cn[nH]c1N. The molecule has 0 amide bonds. The van der Waals surface area contributed by atoms with Crippen molar-refractivity contribution in [2.45, 2.75) is 6.92 Å². The molecule has 0 aliphatic rings. The molecule has 0 saturated carbocycles. The third kappa shape index (κ3) is 1.53. The predicted octanol–water partition coefficient (Wildman–Crippen LogP) is 2.33. The van der Waals surface area contributed by atoms with Gasteiger partial charge in [0.1, 0.15) is 11.6 Å². The number of H-pyrrole nitrogens is 1. The lowest BCUT2D eigenvalue weighted by Crippen LogP contribution is -1.90. The van der Waals surface area contributed by atoms with Crippen LogP contribution in [-0.2, 0) is 0 Å². The minimum absolute atomic E-state index is 0.0322. The van der Waals surface area contributed by atoms with E-state index in [9.17, 15) is 5.11 Å². The largest absolute Gasteiger partial charge is 0.506 e. The van der Waals surface area contributed by atoms with Crippen molar-refractivity contribution < 1.29 is 5.11 Å². The van der Waals surface area contributed by atoms with E-state index in [0.717, 1.165) is 5.56 Å². The average molecular weight is 224 g/mol. The molecule has 0 unspecified atom stereocenters. The van der Waals surface area contributed by atoms with Crippen molar-refractivity contribution in [3.8, 4) is 16.9 Å². The van der Waals surface area contributed by atoms with Crippen LogP contribution in [0.3, 0.4) is 0 Å². The Balaban J connectivity index is 2.72. The molecule has 5 heteroatoms. The summed E-state index contributed by atoms with van der Waals surface area (Å²) < 4.78 is 0. The summed E-state index contributed by atoms with van der Waals surface area (Å²) in [4.78, 5) is 0. The van der Waals surface area contributed by atoms with Crippen LogP contribution in [0, 0.1) is 6.92 Å². The number of aromatic amines is 1. The van der Waals surface area contributed by atoms with E-state index in [1.165, 1.54) is 0 Å². The number of benzene rings is 1. The first-order valence-electron chi connectivity index (χ1n) is 4.38. The van der Waals surface area contributed by atoms with Gasteiger partial charge in [-0.25, -0.2) is 0 Å². The highest BCUT2D eigenvalue weighted by molar-refractivity contribution is 6.32. The number of aromatic hydroxyl groups is 1. The highest BCUT2D eigenvalue weighted by atomic mass is 35.5. The minimum Gasteiger partial charge on any atom is -0.506 e. The molecule has 0 saturated heterocycles. The van der Waals surface area contributed by atoms with E-state index in [1.54, 1.807) is 12.3 Å². The standard InChI is InChI=1S/C10H10ClN3O/c1-5-2-3-7(11)9(15)8(5)6-4-13-14-10(6)12/h2-4,15H,1H3,(H3,12,13,14). The first-order valence-corrected chi connectivity index (χ1v) is 4.76. The number of rotatable bonds is 1. The number of aromatic nitrogens is 2. The van der Waals surface area contributed by atoms with E-state index in [-0.39, 0.29) is 5.75 Å². The minimum atomic E-state index is 0.0322. The van der Waals surface area contributed by atoms with Gasteiger partial charge in [-0.2, -0.15) is 5.10 Å². The van der Waals surface area contributed by atoms with Crippen molar-refractivity contribution >= 4 is 17.4 Å². The maximum Gasteiger partial charge on any atom is 0.142 e. The number of phenolic OH excluding ortho intramolecular Hbond substituents is 1. The summed E-state index contributed by atoms with van der Waals surface area (Å²) in [5.74, 6) is 0.445. The number of nitrogens with one attached hydrogen (secondary N) is 1. The first-order chi connectivity index (χ1) is 7.11. The summed E-state index contributed by atoms with van der Waals surface area (Å²) in [5, 5.41) is 16.6. The van der Waals surface area contributed by atoms with Crippen LogP contribution in [0.5, 0.6) is 5.75 Å². The maximum absolute atomic E-state index is 9.85. The number of hydrogen-bond donors (Lipinski definition) is 3. The Morgan fingerprint density at radius 3 is 2.80 bits per heavy atom. The molecule has 1 aromatic heterocycles. The number of aryl methyl sites for hydroxylation is 1. The van der Waals surface area contributed by atoms with Crippen molar-refractivity contribution in [3.63, 3.8) is 0 Å². The lowest BCUT2D eigenvalue weighted by Gasteiger charge is -2.08. The molecule has 1 heterocycles. The van der Waals surface area contributed by atoms with Crippen LogP contribution >= 0.6 is 11.6 Å². The van der Waals surface area contributed by atoms with Crippen molar-refractivity contribution in [3.05, 3.63) is 28.9 Å². The number of nitrogen functional groups attached to an aromatic ring is 1. The zero-order valence-corrected chi connectivity index (χ0v) is 8.84. The van der Waals surface area contributed by atoms with Crippen LogP contribution < -0.4 is 5.73 Å². The van der Waals surface area contributed by atoms with Gasteiger partial charge in [-0.1, -0.05) is 17.7 Å². The van der Waals surface area contributed by atoms with Crippen LogP contribution in [0.4, 0.5) is 5.82 Å². The van der Waals surface area contributed by atoms with E-state index in [0.29, 0.717) is 22.0 Å². The van der Waals surface area contributed by atoms with Crippen LogP contribution in [-0.4, -0.2) is 15.3 Å². The molecule has 0 aliphatic heterocycles. The number of phenols is 1. The van der Waals surface area contributed by atoms with Crippen LogP contribution in [0.1, 0.15) is 5.56 Å². The van der Waals surface area contributed by atoms with Gasteiger partial charge >= 0.3 is 0 Å². The van der Waals surface area contributed by atoms with Crippen molar-refractivity contribution in [2.24, 2.45) is 0 Å². The van der Waals surface area contributed by atoms with E-state index >= 15 is 0 Å². The van der Waals surface area contributed by atoms with Gasteiger partial charge in [0.05, 0.1) is 11.2 Å². The van der Waals surface area contributed by atoms with Gasteiger partial charge < -0.3 is 10.8 Å². The summed E-state index contributed by atoms with van der Waals surface area (Å²) in [5.41, 5.74) is 7.86. The smallest absolute Gasteiger partial charge is 0.142 e. The molecule has 78 valence electrons. The van der Waals surface area contributed by atoms with Gasteiger partial charge in [-0.15, -0.1) is 0 Å². The Kier molecular flexibility index (Phi) is 2.28. The van der Waals surface area contributed by atoms with Crippen LogP contribution in [0.15, 0.2) is 18.3 Å². The molecule has 0 atom stereocenters. The summed E-state index contributed by atoms with van der Waals surface area (Å²) in [6, 6.07) is 3.47.